The molecule has 0 N–H and O–H groups in total. The lowest BCUT2D eigenvalue weighted by Crippen LogP contribution is -2.59. The summed E-state index contributed by atoms with van der Waals surface area (Å²) >= 11 is 0. The molecule has 3 unspecified atom stereocenters. The molecule has 2 aromatic carbocycles. The third kappa shape index (κ3) is 6.63. The van der Waals surface area contributed by atoms with Gasteiger partial charge in [-0.1, -0.05) is 72.8 Å². The van der Waals surface area contributed by atoms with Crippen LogP contribution < -0.4 is 0 Å². The average Bonchev–Trinajstić information content (AvgIpc) is 2.87. The molecule has 0 radical (unpaired) electrons. The number of nitro groups is 1. The van der Waals surface area contributed by atoms with E-state index in [-0.39, 0.29) is 19.6 Å². The molecular formula is C27H31NO7. The summed E-state index contributed by atoms with van der Waals surface area (Å²) in [5.41, 5.74) is -0.198. The fourth-order valence-electron chi connectivity index (χ4n) is 3.89. The molecule has 8 nitrogen and oxygen atoms in total. The van der Waals surface area contributed by atoms with Gasteiger partial charge < -0.3 is 18.9 Å². The van der Waals surface area contributed by atoms with Crippen molar-refractivity contribution >= 4 is 5.97 Å². The smallest absolute Gasteiger partial charge is 0.388 e. The van der Waals surface area contributed by atoms with E-state index in [1.807, 2.05) is 60.7 Å². The number of ether oxygens (including phenoxy) is 4. The van der Waals surface area contributed by atoms with Crippen LogP contribution in [0, 0.1) is 10.1 Å². The number of hydrogen-bond acceptors (Lipinski definition) is 7. The maximum Gasteiger partial charge on any atom is 0.388 e. The van der Waals surface area contributed by atoms with E-state index >= 15 is 0 Å². The quantitative estimate of drug-likeness (QED) is 0.182. The highest BCUT2D eigenvalue weighted by Gasteiger charge is 2.59. The van der Waals surface area contributed by atoms with Crippen molar-refractivity contribution < 1.29 is 28.7 Å². The van der Waals surface area contributed by atoms with E-state index in [1.165, 1.54) is 12.2 Å². The van der Waals surface area contributed by atoms with Crippen molar-refractivity contribution in [1.29, 1.82) is 0 Å². The van der Waals surface area contributed by atoms with Crippen LogP contribution in [0.5, 0.6) is 0 Å². The van der Waals surface area contributed by atoms with Crippen molar-refractivity contribution in [2.24, 2.45) is 0 Å². The van der Waals surface area contributed by atoms with E-state index in [0.29, 0.717) is 13.2 Å². The first-order valence-corrected chi connectivity index (χ1v) is 11.5. The number of rotatable bonds is 13. The highest BCUT2D eigenvalue weighted by Crippen LogP contribution is 2.31. The normalized spacial score (nSPS) is 21.1. The number of carbonyl (C=O) groups excluding carboxylic acids is 1. The summed E-state index contributed by atoms with van der Waals surface area (Å²) in [5.74, 6) is -0.966. The molecule has 0 aliphatic carbocycles. The van der Waals surface area contributed by atoms with Crippen LogP contribution in [-0.2, 0) is 37.0 Å². The zero-order valence-corrected chi connectivity index (χ0v) is 19.8. The van der Waals surface area contributed by atoms with Gasteiger partial charge in [0.25, 0.3) is 0 Å². The summed E-state index contributed by atoms with van der Waals surface area (Å²) in [4.78, 5) is 24.4. The van der Waals surface area contributed by atoms with Gasteiger partial charge in [0, 0.05) is 4.92 Å². The largest absolute Gasteiger partial charge is 0.461 e. The number of carbonyl (C=O) groups is 1. The SMILES string of the molecule is C=CCC(C(=O)OCC)([C@@H]1C=CC(OCc2ccccc2)C(COCc2ccccc2)O1)[N+](=O)[O-]. The summed E-state index contributed by atoms with van der Waals surface area (Å²) in [7, 11) is 0. The van der Waals surface area contributed by atoms with E-state index in [0.717, 1.165) is 11.1 Å². The predicted octanol–water partition coefficient (Wildman–Crippen LogP) is 4.27. The Morgan fingerprint density at radius 3 is 2.29 bits per heavy atom. The van der Waals surface area contributed by atoms with Gasteiger partial charge in [-0.2, -0.15) is 0 Å². The van der Waals surface area contributed by atoms with Crippen molar-refractivity contribution in [2.75, 3.05) is 13.2 Å². The summed E-state index contributed by atoms with van der Waals surface area (Å²) < 4.78 is 23.2. The molecular weight excluding hydrogens is 450 g/mol. The second kappa shape index (κ2) is 12.9. The lowest BCUT2D eigenvalue weighted by Gasteiger charge is -2.36. The summed E-state index contributed by atoms with van der Waals surface area (Å²) in [6.07, 6.45) is 1.89. The van der Waals surface area contributed by atoms with Gasteiger partial charge in [-0.3, -0.25) is 10.1 Å². The van der Waals surface area contributed by atoms with Crippen LogP contribution in [-0.4, -0.2) is 48.0 Å². The molecule has 2 aromatic rings. The van der Waals surface area contributed by atoms with E-state index in [2.05, 4.69) is 6.58 Å². The topological polar surface area (TPSA) is 97.1 Å². The standard InChI is InChI=1S/C27H31NO7/c1-3-17-27(28(30)31,26(29)33-4-2)25-16-15-23(34-19-22-13-9-6-10-14-22)24(35-25)20-32-18-21-11-7-5-8-12-21/h3,5-16,23-25H,1,4,17-20H2,2H3/t23?,24?,25-,27?/m0/s1. The Morgan fingerprint density at radius 2 is 1.71 bits per heavy atom. The van der Waals surface area contributed by atoms with Crippen molar-refractivity contribution in [1.82, 2.24) is 0 Å². The van der Waals surface area contributed by atoms with E-state index in [4.69, 9.17) is 18.9 Å². The fourth-order valence-corrected chi connectivity index (χ4v) is 3.89. The molecule has 35 heavy (non-hydrogen) atoms. The van der Waals surface area contributed by atoms with Crippen molar-refractivity contribution in [3.8, 4) is 0 Å². The minimum Gasteiger partial charge on any atom is -0.461 e. The fraction of sp³-hybridized carbons (Fsp3) is 0.370. The highest BCUT2D eigenvalue weighted by molar-refractivity contribution is 5.81. The number of benzene rings is 2. The van der Waals surface area contributed by atoms with Crippen LogP contribution in [0.1, 0.15) is 24.5 Å². The second-order valence-electron chi connectivity index (χ2n) is 8.14. The Labute approximate surface area is 205 Å². The van der Waals surface area contributed by atoms with Crippen molar-refractivity contribution in [2.45, 2.75) is 50.4 Å². The average molecular weight is 482 g/mol. The van der Waals surface area contributed by atoms with Crippen LogP contribution in [0.4, 0.5) is 0 Å². The zero-order valence-electron chi connectivity index (χ0n) is 19.8. The Hall–Kier alpha value is -3.33. The van der Waals surface area contributed by atoms with E-state index in [9.17, 15) is 14.9 Å². The van der Waals surface area contributed by atoms with Gasteiger partial charge >= 0.3 is 11.5 Å². The van der Waals surface area contributed by atoms with Gasteiger partial charge in [0.05, 0.1) is 32.8 Å². The molecule has 3 rings (SSSR count). The van der Waals surface area contributed by atoms with E-state index in [1.54, 1.807) is 13.0 Å². The first kappa shape index (κ1) is 26.3. The molecule has 0 spiro atoms. The summed E-state index contributed by atoms with van der Waals surface area (Å²) in [6.45, 7) is 5.98. The Morgan fingerprint density at radius 1 is 1.09 bits per heavy atom. The Balaban J connectivity index is 1.82. The molecule has 1 aliphatic heterocycles. The maximum absolute atomic E-state index is 12.8. The van der Waals surface area contributed by atoms with Crippen LogP contribution in [0.25, 0.3) is 0 Å². The lowest BCUT2D eigenvalue weighted by atomic mass is 9.86. The van der Waals surface area contributed by atoms with Gasteiger partial charge in [0.1, 0.15) is 12.2 Å². The molecule has 0 amide bonds. The lowest BCUT2D eigenvalue weighted by molar-refractivity contribution is -0.567. The molecule has 0 aromatic heterocycles. The van der Waals surface area contributed by atoms with Gasteiger partial charge in [-0.15, -0.1) is 6.58 Å². The number of esters is 1. The Bertz CT molecular complexity index is 995. The first-order valence-electron chi connectivity index (χ1n) is 11.5. The molecule has 1 heterocycles. The van der Waals surface area contributed by atoms with Crippen molar-refractivity contribution in [3.05, 3.63) is 107 Å². The molecule has 1 aliphatic rings. The van der Waals surface area contributed by atoms with Crippen LogP contribution in [0.3, 0.4) is 0 Å². The monoisotopic (exact) mass is 481 g/mol. The second-order valence-corrected chi connectivity index (χ2v) is 8.14. The van der Waals surface area contributed by atoms with Crippen LogP contribution in [0.15, 0.2) is 85.5 Å². The molecule has 8 heteroatoms. The third-order valence-corrected chi connectivity index (χ3v) is 5.72. The summed E-state index contributed by atoms with van der Waals surface area (Å²) in [5, 5.41) is 12.2. The van der Waals surface area contributed by atoms with Crippen LogP contribution >= 0.6 is 0 Å². The predicted molar refractivity (Wildman–Crippen MR) is 130 cm³/mol. The van der Waals surface area contributed by atoms with Crippen LogP contribution in [0.2, 0.25) is 0 Å². The summed E-state index contributed by atoms with van der Waals surface area (Å²) in [6, 6.07) is 19.3. The van der Waals surface area contributed by atoms with Gasteiger partial charge in [0.2, 0.25) is 0 Å². The maximum atomic E-state index is 12.8. The molecule has 186 valence electrons. The molecule has 0 saturated carbocycles. The Kier molecular flexibility index (Phi) is 9.72. The van der Waals surface area contributed by atoms with Gasteiger partial charge in [-0.25, -0.2) is 4.79 Å². The molecule has 0 fully saturated rings. The molecule has 0 bridgehead atoms. The minimum atomic E-state index is -2.16. The molecule has 4 atom stereocenters. The first-order chi connectivity index (χ1) is 17.0. The minimum absolute atomic E-state index is 0.00836. The number of nitrogens with zero attached hydrogens (tertiary/aromatic N) is 1. The number of hydrogen-bond donors (Lipinski definition) is 0. The zero-order chi connectivity index (χ0) is 25.1. The van der Waals surface area contributed by atoms with E-state index < -0.39 is 34.7 Å². The molecule has 0 saturated heterocycles. The van der Waals surface area contributed by atoms with Crippen molar-refractivity contribution in [3.63, 3.8) is 0 Å². The highest BCUT2D eigenvalue weighted by atomic mass is 16.7. The van der Waals surface area contributed by atoms with Gasteiger partial charge in [-0.05, 0) is 24.1 Å². The third-order valence-electron chi connectivity index (χ3n) is 5.72. The van der Waals surface area contributed by atoms with Gasteiger partial charge in [0.15, 0.2) is 6.10 Å².